The molecule has 1 atom stereocenters. The van der Waals surface area contributed by atoms with Gasteiger partial charge in [-0.1, -0.05) is 43.6 Å². The van der Waals surface area contributed by atoms with Crippen LogP contribution < -0.4 is 0 Å². The fourth-order valence-electron chi connectivity index (χ4n) is 2.07. The molecule has 0 heterocycles. The molecule has 0 amide bonds. The van der Waals surface area contributed by atoms with E-state index in [0.29, 0.717) is 21.0 Å². The van der Waals surface area contributed by atoms with Crippen molar-refractivity contribution in [2.45, 2.75) is 26.2 Å². The van der Waals surface area contributed by atoms with Gasteiger partial charge in [0, 0.05) is 16.8 Å². The van der Waals surface area contributed by atoms with Gasteiger partial charge in [0.05, 0.1) is 10.2 Å². The number of halogens is 2. The van der Waals surface area contributed by atoms with Crippen LogP contribution in [0.3, 0.4) is 0 Å². The summed E-state index contributed by atoms with van der Waals surface area (Å²) in [5.74, 6) is 0.585. The second-order valence-corrected chi connectivity index (χ2v) is 6.24. The summed E-state index contributed by atoms with van der Waals surface area (Å²) in [5, 5.41) is 10.6. The van der Waals surface area contributed by atoms with E-state index in [1.54, 1.807) is 18.3 Å². The summed E-state index contributed by atoms with van der Waals surface area (Å²) in [7, 11) is 0. The van der Waals surface area contributed by atoms with Crippen molar-refractivity contribution in [1.29, 1.82) is 0 Å². The number of rotatable bonds is 4. The molecule has 0 aromatic heterocycles. The maximum atomic E-state index is 10.0. The third kappa shape index (κ3) is 3.86. The van der Waals surface area contributed by atoms with E-state index >= 15 is 0 Å². The standard InChI is InChI=1S/C17H17BrClNO/c1-3-11(2)14-6-4-5-7-16(14)20-10-12-8-13(19)9-15(18)17(12)21/h4-11,21H,3H2,1-2H3/t11-/m0/s1. The van der Waals surface area contributed by atoms with Crippen molar-refractivity contribution in [3.8, 4) is 5.75 Å². The highest BCUT2D eigenvalue weighted by Gasteiger charge is 2.09. The summed E-state index contributed by atoms with van der Waals surface area (Å²) in [4.78, 5) is 4.52. The van der Waals surface area contributed by atoms with E-state index in [1.165, 1.54) is 5.56 Å². The first-order valence-electron chi connectivity index (χ1n) is 6.84. The average Bonchev–Trinajstić information content (AvgIpc) is 2.49. The van der Waals surface area contributed by atoms with Gasteiger partial charge in [-0.05, 0) is 52.0 Å². The van der Waals surface area contributed by atoms with Crippen LogP contribution in [0.5, 0.6) is 5.75 Å². The Morgan fingerprint density at radius 2 is 2.05 bits per heavy atom. The number of hydrogen-bond donors (Lipinski definition) is 1. The van der Waals surface area contributed by atoms with Gasteiger partial charge >= 0.3 is 0 Å². The lowest BCUT2D eigenvalue weighted by Crippen LogP contribution is -1.92. The van der Waals surface area contributed by atoms with E-state index in [9.17, 15) is 5.11 Å². The molecule has 0 saturated heterocycles. The Morgan fingerprint density at radius 3 is 2.76 bits per heavy atom. The maximum Gasteiger partial charge on any atom is 0.138 e. The Balaban J connectivity index is 2.39. The van der Waals surface area contributed by atoms with Gasteiger partial charge in [0.15, 0.2) is 0 Å². The minimum atomic E-state index is 0.143. The van der Waals surface area contributed by atoms with E-state index < -0.39 is 0 Å². The Morgan fingerprint density at radius 1 is 1.33 bits per heavy atom. The summed E-state index contributed by atoms with van der Waals surface area (Å²) in [6, 6.07) is 11.4. The van der Waals surface area contributed by atoms with Crippen LogP contribution in [0.25, 0.3) is 0 Å². The summed E-state index contributed by atoms with van der Waals surface area (Å²) in [6.45, 7) is 4.34. The van der Waals surface area contributed by atoms with Crippen LogP contribution in [0, 0.1) is 0 Å². The van der Waals surface area contributed by atoms with E-state index in [-0.39, 0.29) is 5.75 Å². The monoisotopic (exact) mass is 365 g/mol. The number of nitrogens with zero attached hydrogens (tertiary/aromatic N) is 1. The summed E-state index contributed by atoms with van der Waals surface area (Å²) in [6.07, 6.45) is 2.70. The molecule has 1 N–H and O–H groups in total. The van der Waals surface area contributed by atoms with Gasteiger partial charge in [-0.25, -0.2) is 0 Å². The van der Waals surface area contributed by atoms with Gasteiger partial charge in [0.1, 0.15) is 5.75 Å². The molecule has 0 radical (unpaired) electrons. The first-order valence-corrected chi connectivity index (χ1v) is 8.01. The lowest BCUT2D eigenvalue weighted by atomic mass is 9.97. The predicted molar refractivity (Wildman–Crippen MR) is 93.2 cm³/mol. The summed E-state index contributed by atoms with van der Waals surface area (Å²) < 4.78 is 0.562. The van der Waals surface area contributed by atoms with Crippen molar-refractivity contribution < 1.29 is 5.11 Å². The first-order chi connectivity index (χ1) is 10.0. The molecule has 0 spiro atoms. The molecule has 0 fully saturated rings. The Bertz CT molecular complexity index is 670. The highest BCUT2D eigenvalue weighted by Crippen LogP contribution is 2.32. The van der Waals surface area contributed by atoms with E-state index in [2.05, 4.69) is 40.8 Å². The van der Waals surface area contributed by atoms with Gasteiger partial charge in [0.25, 0.3) is 0 Å². The fraction of sp³-hybridized carbons (Fsp3) is 0.235. The summed E-state index contributed by atoms with van der Waals surface area (Å²) in [5.41, 5.74) is 2.72. The van der Waals surface area contributed by atoms with Crippen molar-refractivity contribution in [3.05, 3.63) is 57.0 Å². The highest BCUT2D eigenvalue weighted by molar-refractivity contribution is 9.10. The fourth-order valence-corrected chi connectivity index (χ4v) is 2.90. The molecule has 2 aromatic carbocycles. The predicted octanol–water partition coefficient (Wildman–Crippen LogP) is 6.07. The quantitative estimate of drug-likeness (QED) is 0.654. The lowest BCUT2D eigenvalue weighted by molar-refractivity contribution is 0.471. The van der Waals surface area contributed by atoms with Crippen LogP contribution in [0.2, 0.25) is 5.02 Å². The number of aliphatic imine (C=N–C) groups is 1. The van der Waals surface area contributed by atoms with Crippen LogP contribution in [0.15, 0.2) is 45.9 Å². The third-order valence-corrected chi connectivity index (χ3v) is 4.30. The van der Waals surface area contributed by atoms with E-state index in [1.807, 2.05) is 18.2 Å². The zero-order chi connectivity index (χ0) is 15.4. The Labute approximate surface area is 138 Å². The van der Waals surface area contributed by atoms with Crippen LogP contribution in [-0.4, -0.2) is 11.3 Å². The molecule has 110 valence electrons. The molecule has 0 aliphatic rings. The third-order valence-electron chi connectivity index (χ3n) is 3.48. The van der Waals surface area contributed by atoms with Crippen molar-refractivity contribution in [3.63, 3.8) is 0 Å². The second kappa shape index (κ2) is 7.10. The van der Waals surface area contributed by atoms with E-state index in [4.69, 9.17) is 11.6 Å². The molecular formula is C17H17BrClNO. The first kappa shape index (κ1) is 16.1. The van der Waals surface area contributed by atoms with Crippen molar-refractivity contribution in [2.24, 2.45) is 4.99 Å². The molecule has 2 rings (SSSR count). The molecule has 4 heteroatoms. The maximum absolute atomic E-state index is 10.0. The molecule has 0 saturated carbocycles. The number of phenolic OH excluding ortho intramolecular Hbond substituents is 1. The molecule has 0 aliphatic carbocycles. The molecule has 21 heavy (non-hydrogen) atoms. The SMILES string of the molecule is CC[C@H](C)c1ccccc1N=Cc1cc(Cl)cc(Br)c1O. The normalized spacial score (nSPS) is 12.8. The van der Waals surface area contributed by atoms with Gasteiger partial charge in [-0.3, -0.25) is 4.99 Å². The summed E-state index contributed by atoms with van der Waals surface area (Å²) >= 11 is 9.28. The topological polar surface area (TPSA) is 32.6 Å². The number of para-hydroxylation sites is 1. The van der Waals surface area contributed by atoms with Gasteiger partial charge in [-0.2, -0.15) is 0 Å². The zero-order valence-corrected chi connectivity index (χ0v) is 14.3. The van der Waals surface area contributed by atoms with Crippen molar-refractivity contribution >= 4 is 39.4 Å². The number of benzene rings is 2. The van der Waals surface area contributed by atoms with Crippen LogP contribution in [0.4, 0.5) is 5.69 Å². The molecule has 2 nitrogen and oxygen atoms in total. The average molecular weight is 367 g/mol. The van der Waals surface area contributed by atoms with Crippen molar-refractivity contribution in [1.82, 2.24) is 0 Å². The second-order valence-electron chi connectivity index (χ2n) is 4.95. The molecule has 0 aliphatic heterocycles. The van der Waals surface area contributed by atoms with Crippen molar-refractivity contribution in [2.75, 3.05) is 0 Å². The highest BCUT2D eigenvalue weighted by atomic mass is 79.9. The smallest absolute Gasteiger partial charge is 0.138 e. The molecule has 0 bridgehead atoms. The Kier molecular flexibility index (Phi) is 5.43. The molecular weight excluding hydrogens is 350 g/mol. The lowest BCUT2D eigenvalue weighted by Gasteiger charge is -2.11. The van der Waals surface area contributed by atoms with Gasteiger partial charge < -0.3 is 5.11 Å². The zero-order valence-electron chi connectivity index (χ0n) is 12.0. The molecule has 2 aromatic rings. The van der Waals surface area contributed by atoms with Crippen LogP contribution in [-0.2, 0) is 0 Å². The minimum Gasteiger partial charge on any atom is -0.506 e. The van der Waals surface area contributed by atoms with Gasteiger partial charge in [0.2, 0.25) is 0 Å². The van der Waals surface area contributed by atoms with Gasteiger partial charge in [-0.15, -0.1) is 0 Å². The van der Waals surface area contributed by atoms with Crippen LogP contribution >= 0.6 is 27.5 Å². The number of phenols is 1. The van der Waals surface area contributed by atoms with E-state index in [0.717, 1.165) is 12.1 Å². The number of aromatic hydroxyl groups is 1. The minimum absolute atomic E-state index is 0.143. The Hall–Kier alpha value is -1.32. The van der Waals surface area contributed by atoms with Crippen LogP contribution in [0.1, 0.15) is 37.3 Å². The molecule has 0 unspecified atom stereocenters. The largest absolute Gasteiger partial charge is 0.506 e. The number of hydrogen-bond acceptors (Lipinski definition) is 2.